The summed E-state index contributed by atoms with van der Waals surface area (Å²) in [7, 11) is -4.87. The van der Waals surface area contributed by atoms with Gasteiger partial charge in [0.15, 0.2) is 24.9 Å². The van der Waals surface area contributed by atoms with Crippen molar-refractivity contribution in [3.63, 3.8) is 0 Å². The van der Waals surface area contributed by atoms with Crippen LogP contribution in [0.3, 0.4) is 0 Å². The number of hydrogen-bond donors (Lipinski definition) is 1. The predicted molar refractivity (Wildman–Crippen MR) is 188 cm³/mol. The van der Waals surface area contributed by atoms with Crippen LogP contribution < -0.4 is 4.98 Å². The Morgan fingerprint density at radius 2 is 1.55 bits per heavy atom. The van der Waals surface area contributed by atoms with E-state index in [0.29, 0.717) is 35.6 Å². The maximum atomic E-state index is 13.0. The molecule has 1 aliphatic heterocycles. The summed E-state index contributed by atoms with van der Waals surface area (Å²) < 4.78 is 27.5. The number of aromatic nitrogens is 3. The quantitative estimate of drug-likeness (QED) is 0.159. The van der Waals surface area contributed by atoms with Gasteiger partial charge >= 0.3 is 5.97 Å². The molecule has 44 heavy (non-hydrogen) atoms. The number of carbonyl (C=O) groups excluding carboxylic acids is 1. The van der Waals surface area contributed by atoms with Crippen molar-refractivity contribution < 1.29 is 23.1 Å². The smallest absolute Gasteiger partial charge is 0.340 e. The normalized spacial score (nSPS) is 20.8. The van der Waals surface area contributed by atoms with E-state index in [0.717, 1.165) is 0 Å². The van der Waals surface area contributed by atoms with Crippen LogP contribution in [0.1, 0.15) is 85.3 Å². The highest BCUT2D eigenvalue weighted by molar-refractivity contribution is 6.83. The molecule has 0 amide bonds. The molecule has 1 N–H and O–H groups in total. The number of rotatable bonds is 9. The molecular weight excluding hydrogens is 628 g/mol. The summed E-state index contributed by atoms with van der Waals surface area (Å²) in [6.45, 7) is 34.0. The highest BCUT2D eigenvalue weighted by atomic mass is 35.5. The van der Waals surface area contributed by atoms with Gasteiger partial charge in [-0.05, 0) is 41.3 Å². The molecule has 0 saturated carbocycles. The maximum Gasteiger partial charge on any atom is 0.340 e. The molecule has 1 fully saturated rings. The van der Waals surface area contributed by atoms with Crippen molar-refractivity contribution in [1.29, 1.82) is 0 Å². The molecule has 13 heteroatoms. The van der Waals surface area contributed by atoms with Gasteiger partial charge in [0.25, 0.3) is 0 Å². The number of hydrogen-bond acceptors (Lipinski definition) is 8. The number of methoxy groups -OCH3 is 1. The first-order chi connectivity index (χ1) is 19.7. The van der Waals surface area contributed by atoms with Gasteiger partial charge in [-0.1, -0.05) is 87.0 Å². The predicted octanol–water partition coefficient (Wildman–Crippen LogP) is 8.99. The molecule has 3 heterocycles. The number of halogens is 1. The Balaban J connectivity index is 2.11. The first-order valence-electron chi connectivity index (χ1n) is 15.6. The van der Waals surface area contributed by atoms with Crippen molar-refractivity contribution in [2.24, 2.45) is 0 Å². The van der Waals surface area contributed by atoms with Crippen LogP contribution in [0.25, 0.3) is 11.0 Å². The van der Waals surface area contributed by atoms with E-state index in [1.807, 2.05) is 4.57 Å². The lowest BCUT2D eigenvalue weighted by Gasteiger charge is -2.40. The van der Waals surface area contributed by atoms with Crippen molar-refractivity contribution in [2.45, 2.75) is 142 Å². The Morgan fingerprint density at radius 1 is 0.977 bits per heavy atom. The Morgan fingerprint density at radius 3 is 2.05 bits per heavy atom. The molecule has 0 bridgehead atoms. The summed E-state index contributed by atoms with van der Waals surface area (Å²) in [5, 5.41) is 0.774. The van der Waals surface area contributed by atoms with Crippen molar-refractivity contribution in [1.82, 2.24) is 14.5 Å². The fourth-order valence-electron chi connectivity index (χ4n) is 4.32. The first-order valence-corrected chi connectivity index (χ1v) is 24.8. The van der Waals surface area contributed by atoms with Crippen LogP contribution in [0.2, 0.25) is 59.5 Å². The Labute approximate surface area is 273 Å². The van der Waals surface area contributed by atoms with Gasteiger partial charge in [0.05, 0.1) is 30.8 Å². The van der Waals surface area contributed by atoms with Gasteiger partial charge in [0.2, 0.25) is 5.95 Å². The molecular formula is C31H57ClN4O5Si3. The van der Waals surface area contributed by atoms with Gasteiger partial charge in [-0.2, -0.15) is 4.98 Å². The largest absolute Gasteiger partial charge is 0.465 e. The third kappa shape index (κ3) is 7.63. The summed E-state index contributed by atoms with van der Waals surface area (Å²) in [6, 6.07) is 0. The van der Waals surface area contributed by atoms with E-state index in [9.17, 15) is 4.79 Å². The third-order valence-electron chi connectivity index (χ3n) is 10.5. The van der Waals surface area contributed by atoms with Crippen molar-refractivity contribution in [2.75, 3.05) is 18.7 Å². The van der Waals surface area contributed by atoms with Crippen LogP contribution in [0.5, 0.6) is 0 Å². The van der Waals surface area contributed by atoms with Gasteiger partial charge in [0, 0.05) is 12.6 Å². The number of carbonyl (C=O) groups is 1. The van der Waals surface area contributed by atoms with Crippen molar-refractivity contribution in [3.8, 4) is 0 Å². The number of ether oxygens (including phenoxy) is 2. The van der Waals surface area contributed by atoms with E-state index in [1.54, 1.807) is 6.20 Å². The zero-order chi connectivity index (χ0) is 33.8. The number of nitrogens with one attached hydrogen (secondary N) is 1. The summed E-state index contributed by atoms with van der Waals surface area (Å²) >= 11 is 6.80. The van der Waals surface area contributed by atoms with Gasteiger partial charge in [-0.15, -0.1) is 0 Å². The monoisotopic (exact) mass is 684 g/mol. The SMILES string of the molecule is COC(=O)c1cn([C@H]2C[C@@H](O[Si](C)(C)C(C)(C)C)[C@@H](CO[Si](C)(C)C(C)(C)C)O2)c2nc(N[Si](C)(C)C(C)(C)C)nc(Cl)c12. The zero-order valence-electron chi connectivity index (χ0n) is 30.0. The minimum absolute atomic E-state index is 0.0270. The zero-order valence-corrected chi connectivity index (χ0v) is 33.7. The van der Waals surface area contributed by atoms with Gasteiger partial charge in [-0.25, -0.2) is 9.78 Å². The molecule has 0 aliphatic carbocycles. The van der Waals surface area contributed by atoms with E-state index >= 15 is 0 Å². The summed E-state index contributed by atoms with van der Waals surface area (Å²) in [5.74, 6) is -0.0658. The lowest BCUT2D eigenvalue weighted by Crippen LogP contribution is -2.48. The molecule has 0 spiro atoms. The molecule has 1 saturated heterocycles. The fourth-order valence-corrected chi connectivity index (χ4v) is 8.00. The second kappa shape index (κ2) is 12.4. The summed E-state index contributed by atoms with van der Waals surface area (Å²) in [5.41, 5.74) is 0.825. The summed E-state index contributed by atoms with van der Waals surface area (Å²) in [6.07, 6.45) is 1.38. The van der Waals surface area contributed by atoms with Crippen LogP contribution >= 0.6 is 11.6 Å². The molecule has 1 aliphatic rings. The Bertz CT molecular complexity index is 1360. The third-order valence-corrected chi connectivity index (χ3v) is 24.4. The fraction of sp³-hybridized carbons (Fsp3) is 0.774. The van der Waals surface area contributed by atoms with Crippen LogP contribution in [0, 0.1) is 0 Å². The van der Waals surface area contributed by atoms with Crippen LogP contribution in [-0.4, -0.2) is 71.3 Å². The molecule has 2 aromatic rings. The Hall–Kier alpha value is -1.29. The molecule has 9 nitrogen and oxygen atoms in total. The van der Waals surface area contributed by atoms with E-state index < -0.39 is 37.1 Å². The second-order valence-corrected chi connectivity index (χ2v) is 31.8. The molecule has 0 radical (unpaired) electrons. The van der Waals surface area contributed by atoms with Crippen molar-refractivity contribution in [3.05, 3.63) is 16.9 Å². The molecule has 250 valence electrons. The lowest BCUT2D eigenvalue weighted by molar-refractivity contribution is -0.0382. The minimum Gasteiger partial charge on any atom is -0.465 e. The average molecular weight is 686 g/mol. The molecule has 0 unspecified atom stereocenters. The van der Waals surface area contributed by atoms with Crippen molar-refractivity contribution >= 4 is 59.4 Å². The first kappa shape index (κ1) is 37.2. The van der Waals surface area contributed by atoms with Gasteiger partial charge in [0.1, 0.15) is 23.1 Å². The van der Waals surface area contributed by atoms with E-state index in [2.05, 4.69) is 112 Å². The van der Waals surface area contributed by atoms with Gasteiger partial charge < -0.3 is 27.9 Å². The lowest BCUT2D eigenvalue weighted by atomic mass is 10.2. The van der Waals surface area contributed by atoms with E-state index in [1.165, 1.54) is 7.11 Å². The Kier molecular flexibility index (Phi) is 10.5. The topological polar surface area (TPSA) is 96.7 Å². The second-order valence-electron chi connectivity index (χ2n) is 16.8. The molecule has 3 atom stereocenters. The van der Waals surface area contributed by atoms with Gasteiger partial charge in [-0.3, -0.25) is 0 Å². The number of esters is 1. The van der Waals surface area contributed by atoms with Crippen LogP contribution in [0.15, 0.2) is 6.20 Å². The molecule has 3 rings (SSSR count). The molecule has 2 aromatic heterocycles. The maximum absolute atomic E-state index is 13.0. The highest BCUT2D eigenvalue weighted by Gasteiger charge is 2.47. The molecule has 0 aromatic carbocycles. The van der Waals surface area contributed by atoms with E-state index in [-0.39, 0.29) is 32.5 Å². The van der Waals surface area contributed by atoms with Crippen LogP contribution in [0.4, 0.5) is 5.95 Å². The summed E-state index contributed by atoms with van der Waals surface area (Å²) in [4.78, 5) is 26.1. The number of nitrogens with zero attached hydrogens (tertiary/aromatic N) is 3. The highest BCUT2D eigenvalue weighted by Crippen LogP contribution is 2.44. The number of anilines is 1. The number of fused-ring (bicyclic) bond motifs is 1. The van der Waals surface area contributed by atoms with E-state index in [4.69, 9.17) is 34.9 Å². The van der Waals surface area contributed by atoms with Crippen LogP contribution in [-0.2, 0) is 18.3 Å². The average Bonchev–Trinajstić information content (AvgIpc) is 3.41. The minimum atomic E-state index is -2.15. The standard InChI is InChI=1S/C31H57ClN4O5Si3/c1-29(2,3)42(11,12)35-28-33-25(32)24-20(27(37)38-10)18-36(26(24)34-28)23-17-21(41-44(15,16)31(7,8)9)22(40-23)19-39-43(13,14)30(4,5)6/h18,21-23H,17,19H2,1-16H3,(H,33,34,35)/t21-,22-,23-/m1/s1.